The molecule has 1 aromatic rings. The maximum Gasteiger partial charge on any atom is 0.245 e. The standard InChI is InChI=1S/C16H24N2O5S/c1-4-23-14-11-12(5-6-13(14)22-2)18-15(19)16(24(3,20)21)7-9-17-10-8-16/h5-6,11,17H,4,7-10H2,1-3H3,(H,18,19). The number of ether oxygens (including phenoxy) is 2. The van der Waals surface area contributed by atoms with Gasteiger partial charge in [-0.25, -0.2) is 8.42 Å². The van der Waals surface area contributed by atoms with E-state index in [0.29, 0.717) is 36.9 Å². The van der Waals surface area contributed by atoms with Crippen LogP contribution in [-0.2, 0) is 14.6 Å². The molecule has 1 heterocycles. The van der Waals surface area contributed by atoms with Crippen molar-refractivity contribution in [1.82, 2.24) is 5.32 Å². The number of methoxy groups -OCH3 is 1. The van der Waals surface area contributed by atoms with Crippen molar-refractivity contribution in [3.8, 4) is 11.5 Å². The van der Waals surface area contributed by atoms with E-state index in [0.717, 1.165) is 6.26 Å². The van der Waals surface area contributed by atoms with Crippen LogP contribution in [0.25, 0.3) is 0 Å². The molecule has 24 heavy (non-hydrogen) atoms. The van der Waals surface area contributed by atoms with Crippen molar-refractivity contribution in [2.75, 3.05) is 38.4 Å². The van der Waals surface area contributed by atoms with Crippen LogP contribution in [0.5, 0.6) is 11.5 Å². The molecule has 0 atom stereocenters. The minimum absolute atomic E-state index is 0.256. The quantitative estimate of drug-likeness (QED) is 0.795. The molecule has 1 aliphatic heterocycles. The highest BCUT2D eigenvalue weighted by atomic mass is 32.2. The topological polar surface area (TPSA) is 93.7 Å². The molecule has 0 bridgehead atoms. The van der Waals surface area contributed by atoms with E-state index in [1.165, 1.54) is 7.11 Å². The predicted octanol–water partition coefficient (Wildman–Crippen LogP) is 1.20. The summed E-state index contributed by atoms with van der Waals surface area (Å²) in [6, 6.07) is 4.98. The van der Waals surface area contributed by atoms with Crippen molar-refractivity contribution in [3.63, 3.8) is 0 Å². The molecule has 2 N–H and O–H groups in total. The zero-order valence-electron chi connectivity index (χ0n) is 14.2. The number of sulfone groups is 1. The van der Waals surface area contributed by atoms with E-state index in [9.17, 15) is 13.2 Å². The molecule has 7 nitrogen and oxygen atoms in total. The Labute approximate surface area is 142 Å². The smallest absolute Gasteiger partial charge is 0.245 e. The summed E-state index contributed by atoms with van der Waals surface area (Å²) < 4.78 is 33.8. The average molecular weight is 356 g/mol. The second kappa shape index (κ2) is 7.40. The van der Waals surface area contributed by atoms with E-state index in [1.807, 2.05) is 6.92 Å². The highest BCUT2D eigenvalue weighted by Crippen LogP contribution is 2.33. The van der Waals surface area contributed by atoms with Gasteiger partial charge in [-0.15, -0.1) is 0 Å². The first kappa shape index (κ1) is 18.5. The zero-order chi connectivity index (χ0) is 17.8. The Balaban J connectivity index is 2.29. The molecule has 2 rings (SSSR count). The molecule has 1 aliphatic rings. The van der Waals surface area contributed by atoms with Gasteiger partial charge in [0.15, 0.2) is 26.1 Å². The fraction of sp³-hybridized carbons (Fsp3) is 0.562. The molecule has 0 radical (unpaired) electrons. The molecule has 134 valence electrons. The number of amides is 1. The zero-order valence-corrected chi connectivity index (χ0v) is 15.0. The molecule has 0 saturated carbocycles. The van der Waals surface area contributed by atoms with Gasteiger partial charge in [0.1, 0.15) is 0 Å². The average Bonchev–Trinajstić information content (AvgIpc) is 2.55. The van der Waals surface area contributed by atoms with Crippen molar-refractivity contribution in [2.45, 2.75) is 24.5 Å². The lowest BCUT2D eigenvalue weighted by atomic mass is 9.95. The van der Waals surface area contributed by atoms with Crippen LogP contribution in [-0.4, -0.2) is 52.1 Å². The molecule has 0 spiro atoms. The fourth-order valence-electron chi connectivity index (χ4n) is 2.86. The van der Waals surface area contributed by atoms with Crippen LogP contribution < -0.4 is 20.1 Å². The third kappa shape index (κ3) is 3.64. The molecule has 1 amide bonds. The summed E-state index contributed by atoms with van der Waals surface area (Å²) in [4.78, 5) is 12.8. The van der Waals surface area contributed by atoms with Crippen molar-refractivity contribution in [2.24, 2.45) is 0 Å². The largest absolute Gasteiger partial charge is 0.493 e. The minimum Gasteiger partial charge on any atom is -0.493 e. The highest BCUT2D eigenvalue weighted by molar-refractivity contribution is 7.92. The Morgan fingerprint density at radius 2 is 1.96 bits per heavy atom. The van der Waals surface area contributed by atoms with Crippen molar-refractivity contribution in [1.29, 1.82) is 0 Å². The van der Waals surface area contributed by atoms with Crippen molar-refractivity contribution in [3.05, 3.63) is 18.2 Å². The summed E-state index contributed by atoms with van der Waals surface area (Å²) in [5.41, 5.74) is 0.478. The number of hydrogen-bond acceptors (Lipinski definition) is 6. The van der Waals surface area contributed by atoms with Crippen LogP contribution in [0.3, 0.4) is 0 Å². The van der Waals surface area contributed by atoms with Crippen molar-refractivity contribution >= 4 is 21.4 Å². The minimum atomic E-state index is -3.55. The van der Waals surface area contributed by atoms with Gasteiger partial charge in [-0.3, -0.25) is 4.79 Å². The summed E-state index contributed by atoms with van der Waals surface area (Å²) in [6.07, 6.45) is 1.63. The first-order valence-electron chi connectivity index (χ1n) is 7.86. The Kier molecular flexibility index (Phi) is 5.71. The summed E-state index contributed by atoms with van der Waals surface area (Å²) in [7, 11) is -2.02. The van der Waals surface area contributed by atoms with E-state index in [-0.39, 0.29) is 12.8 Å². The highest BCUT2D eigenvalue weighted by Gasteiger charge is 2.48. The number of benzene rings is 1. The molecule has 8 heteroatoms. The summed E-state index contributed by atoms with van der Waals surface area (Å²) in [6.45, 7) is 3.28. The van der Waals surface area contributed by atoms with Gasteiger partial charge in [-0.05, 0) is 45.0 Å². The molecule has 1 saturated heterocycles. The monoisotopic (exact) mass is 356 g/mol. The molecule has 0 aromatic heterocycles. The lowest BCUT2D eigenvalue weighted by Gasteiger charge is -2.34. The Morgan fingerprint density at radius 3 is 2.50 bits per heavy atom. The predicted molar refractivity (Wildman–Crippen MR) is 92.5 cm³/mol. The van der Waals surface area contributed by atoms with Crippen LogP contribution in [0, 0.1) is 0 Å². The summed E-state index contributed by atoms with van der Waals surface area (Å²) >= 11 is 0. The van der Waals surface area contributed by atoms with E-state index in [1.54, 1.807) is 18.2 Å². The van der Waals surface area contributed by atoms with Gasteiger partial charge in [-0.2, -0.15) is 0 Å². The SMILES string of the molecule is CCOc1cc(NC(=O)C2(S(C)(=O)=O)CCNCC2)ccc1OC. The second-order valence-corrected chi connectivity index (χ2v) is 8.10. The second-order valence-electron chi connectivity index (χ2n) is 5.77. The Morgan fingerprint density at radius 1 is 1.29 bits per heavy atom. The fourth-order valence-corrected chi connectivity index (χ4v) is 4.20. The lowest BCUT2D eigenvalue weighted by molar-refractivity contribution is -0.119. The number of anilines is 1. The van der Waals surface area contributed by atoms with E-state index >= 15 is 0 Å². The van der Waals surface area contributed by atoms with E-state index in [4.69, 9.17) is 9.47 Å². The maximum absolute atomic E-state index is 12.8. The number of rotatable bonds is 6. The third-order valence-electron chi connectivity index (χ3n) is 4.26. The van der Waals surface area contributed by atoms with Gasteiger partial charge in [0, 0.05) is 18.0 Å². The van der Waals surface area contributed by atoms with Gasteiger partial charge in [0.2, 0.25) is 5.91 Å². The Hall–Kier alpha value is -1.80. The lowest BCUT2D eigenvalue weighted by Crippen LogP contribution is -2.55. The van der Waals surface area contributed by atoms with Gasteiger partial charge >= 0.3 is 0 Å². The van der Waals surface area contributed by atoms with E-state index in [2.05, 4.69) is 10.6 Å². The van der Waals surface area contributed by atoms with Crippen LogP contribution in [0.15, 0.2) is 18.2 Å². The van der Waals surface area contributed by atoms with Crippen LogP contribution in [0.2, 0.25) is 0 Å². The van der Waals surface area contributed by atoms with Gasteiger partial charge in [-0.1, -0.05) is 0 Å². The first-order valence-corrected chi connectivity index (χ1v) is 9.76. The number of piperidine rings is 1. The molecular formula is C16H24N2O5S. The normalized spacial score (nSPS) is 17.1. The summed E-state index contributed by atoms with van der Waals surface area (Å²) in [5, 5.41) is 5.82. The first-order chi connectivity index (χ1) is 11.3. The summed E-state index contributed by atoms with van der Waals surface area (Å²) in [5.74, 6) is 0.546. The molecule has 1 aromatic carbocycles. The van der Waals surface area contributed by atoms with Crippen LogP contribution in [0.4, 0.5) is 5.69 Å². The number of hydrogen-bond donors (Lipinski definition) is 2. The Bertz CT molecular complexity index is 696. The van der Waals surface area contributed by atoms with Crippen LogP contribution in [0.1, 0.15) is 19.8 Å². The molecule has 1 fully saturated rings. The van der Waals surface area contributed by atoms with Gasteiger partial charge in [0.25, 0.3) is 0 Å². The van der Waals surface area contributed by atoms with E-state index < -0.39 is 20.5 Å². The third-order valence-corrected chi connectivity index (χ3v) is 6.27. The molecule has 0 aliphatic carbocycles. The maximum atomic E-state index is 12.8. The van der Waals surface area contributed by atoms with Gasteiger partial charge < -0.3 is 20.1 Å². The molecular weight excluding hydrogens is 332 g/mol. The molecule has 0 unspecified atom stereocenters. The number of carbonyl (C=O) groups is 1. The number of nitrogens with one attached hydrogen (secondary N) is 2. The van der Waals surface area contributed by atoms with Crippen molar-refractivity contribution < 1.29 is 22.7 Å². The van der Waals surface area contributed by atoms with Gasteiger partial charge in [0.05, 0.1) is 13.7 Å². The number of carbonyl (C=O) groups excluding carboxylic acids is 1. The van der Waals surface area contributed by atoms with Crippen LogP contribution >= 0.6 is 0 Å².